The van der Waals surface area contributed by atoms with E-state index in [1.165, 1.54) is 23.1 Å². The summed E-state index contributed by atoms with van der Waals surface area (Å²) in [6.45, 7) is 0. The number of benzene rings is 2. The van der Waals surface area contributed by atoms with Crippen LogP contribution < -0.4 is 10.5 Å². The van der Waals surface area contributed by atoms with Crippen molar-refractivity contribution in [2.75, 3.05) is 7.11 Å². The lowest BCUT2D eigenvalue weighted by Crippen LogP contribution is -2.35. The molecule has 2 nitrogen and oxygen atoms in total. The molecule has 0 bridgehead atoms. The molecule has 1 aliphatic carbocycles. The molecule has 0 aromatic heterocycles. The summed E-state index contributed by atoms with van der Waals surface area (Å²) in [4.78, 5) is 0. The summed E-state index contributed by atoms with van der Waals surface area (Å²) in [5.41, 5.74) is 10.7. The molecule has 2 aromatic carbocycles. The van der Waals surface area contributed by atoms with Crippen molar-refractivity contribution in [1.29, 1.82) is 0 Å². The quantitative estimate of drug-likeness (QED) is 0.932. The average Bonchev–Trinajstić information content (AvgIpc) is 2.54. The van der Waals surface area contributed by atoms with E-state index in [9.17, 15) is 0 Å². The van der Waals surface area contributed by atoms with Crippen LogP contribution in [0.25, 0.3) is 0 Å². The Morgan fingerprint density at radius 1 is 1.14 bits per heavy atom. The summed E-state index contributed by atoms with van der Waals surface area (Å²) < 4.78 is 5.29. The van der Waals surface area contributed by atoms with Crippen molar-refractivity contribution in [3.8, 4) is 5.75 Å². The molecule has 0 saturated carbocycles. The van der Waals surface area contributed by atoms with Gasteiger partial charge in [-0.2, -0.15) is 0 Å². The van der Waals surface area contributed by atoms with Gasteiger partial charge in [0.15, 0.2) is 0 Å². The molecule has 110 valence electrons. The van der Waals surface area contributed by atoms with E-state index in [1.807, 2.05) is 12.1 Å². The van der Waals surface area contributed by atoms with E-state index in [1.54, 1.807) is 7.11 Å². The lowest BCUT2D eigenvalue weighted by molar-refractivity contribution is 0.371. The Kier molecular flexibility index (Phi) is 4.26. The molecule has 2 heteroatoms. The Balaban J connectivity index is 1.67. The number of aryl methyl sites for hydroxylation is 1. The van der Waals surface area contributed by atoms with Gasteiger partial charge in [-0.3, -0.25) is 0 Å². The zero-order chi connectivity index (χ0) is 14.7. The van der Waals surface area contributed by atoms with E-state index in [0.717, 1.165) is 25.0 Å². The largest absolute Gasteiger partial charge is 0.497 e. The van der Waals surface area contributed by atoms with Gasteiger partial charge in [0.05, 0.1) is 7.11 Å². The Hall–Kier alpha value is -1.80. The van der Waals surface area contributed by atoms with Gasteiger partial charge in [0.1, 0.15) is 5.75 Å². The van der Waals surface area contributed by atoms with E-state index >= 15 is 0 Å². The van der Waals surface area contributed by atoms with Gasteiger partial charge in [-0.05, 0) is 60.4 Å². The molecule has 0 heterocycles. The lowest BCUT2D eigenvalue weighted by Gasteiger charge is -2.29. The highest BCUT2D eigenvalue weighted by Crippen LogP contribution is 2.28. The minimum atomic E-state index is 0.213. The van der Waals surface area contributed by atoms with E-state index < -0.39 is 0 Å². The molecule has 0 saturated heterocycles. The molecule has 2 unspecified atom stereocenters. The topological polar surface area (TPSA) is 35.2 Å². The highest BCUT2D eigenvalue weighted by molar-refractivity contribution is 5.31. The second-order valence-corrected chi connectivity index (χ2v) is 5.99. The maximum Gasteiger partial charge on any atom is 0.119 e. The molecular formula is C19H23NO. The van der Waals surface area contributed by atoms with Gasteiger partial charge in [0.2, 0.25) is 0 Å². The molecule has 21 heavy (non-hydrogen) atoms. The number of ether oxygens (including phenoxy) is 1. The van der Waals surface area contributed by atoms with Crippen molar-refractivity contribution in [2.45, 2.75) is 31.7 Å². The summed E-state index contributed by atoms with van der Waals surface area (Å²) in [5, 5.41) is 0. The highest BCUT2D eigenvalue weighted by Gasteiger charge is 2.23. The molecule has 1 aliphatic rings. The molecule has 2 atom stereocenters. The van der Waals surface area contributed by atoms with E-state index in [4.69, 9.17) is 10.5 Å². The first kappa shape index (κ1) is 14.2. The number of methoxy groups -OCH3 is 1. The van der Waals surface area contributed by atoms with Gasteiger partial charge < -0.3 is 10.5 Å². The van der Waals surface area contributed by atoms with Crippen LogP contribution in [0, 0.1) is 5.92 Å². The van der Waals surface area contributed by atoms with Crippen LogP contribution in [0.3, 0.4) is 0 Å². The first-order valence-corrected chi connectivity index (χ1v) is 7.71. The fourth-order valence-electron chi connectivity index (χ4n) is 3.33. The third kappa shape index (κ3) is 3.27. The summed E-state index contributed by atoms with van der Waals surface area (Å²) in [6.07, 6.45) is 4.39. The van der Waals surface area contributed by atoms with Crippen molar-refractivity contribution in [3.63, 3.8) is 0 Å². The van der Waals surface area contributed by atoms with Crippen LogP contribution in [-0.2, 0) is 19.3 Å². The Morgan fingerprint density at radius 2 is 1.95 bits per heavy atom. The molecule has 0 aliphatic heterocycles. The zero-order valence-corrected chi connectivity index (χ0v) is 12.6. The van der Waals surface area contributed by atoms with Crippen molar-refractivity contribution in [2.24, 2.45) is 11.7 Å². The molecule has 0 fully saturated rings. The average molecular weight is 281 g/mol. The number of fused-ring (bicyclic) bond motifs is 1. The Bertz CT molecular complexity index is 608. The first-order chi connectivity index (χ1) is 10.3. The van der Waals surface area contributed by atoms with Crippen LogP contribution in [0.5, 0.6) is 5.75 Å². The standard InChI is InChI=1S/C19H23NO/c1-21-18-8-4-5-14(11-18)12-19(20)17-10-9-15-6-2-3-7-16(15)13-17/h2-8,11,17,19H,9-10,12-13,20H2,1H3. The Morgan fingerprint density at radius 3 is 2.76 bits per heavy atom. The minimum Gasteiger partial charge on any atom is -0.497 e. The molecule has 3 rings (SSSR count). The van der Waals surface area contributed by atoms with Crippen molar-refractivity contribution >= 4 is 0 Å². The highest BCUT2D eigenvalue weighted by atomic mass is 16.5. The van der Waals surface area contributed by atoms with Crippen molar-refractivity contribution < 1.29 is 4.74 Å². The fourth-order valence-corrected chi connectivity index (χ4v) is 3.33. The fraction of sp³-hybridized carbons (Fsp3) is 0.368. The van der Waals surface area contributed by atoms with E-state index in [2.05, 4.69) is 36.4 Å². The minimum absolute atomic E-state index is 0.213. The van der Waals surface area contributed by atoms with E-state index in [0.29, 0.717) is 5.92 Å². The summed E-state index contributed by atoms with van der Waals surface area (Å²) in [6, 6.07) is 17.2. The van der Waals surface area contributed by atoms with Crippen molar-refractivity contribution in [1.82, 2.24) is 0 Å². The van der Waals surface area contributed by atoms with Crippen LogP contribution in [-0.4, -0.2) is 13.2 Å². The first-order valence-electron chi connectivity index (χ1n) is 7.71. The Labute approximate surface area is 126 Å². The van der Waals surface area contributed by atoms with Gasteiger partial charge in [0.25, 0.3) is 0 Å². The van der Waals surface area contributed by atoms with Crippen LogP contribution >= 0.6 is 0 Å². The maximum atomic E-state index is 6.49. The molecule has 2 aromatic rings. The van der Waals surface area contributed by atoms with Gasteiger partial charge in [-0.15, -0.1) is 0 Å². The predicted molar refractivity (Wildman–Crippen MR) is 86.6 cm³/mol. The van der Waals surface area contributed by atoms with Gasteiger partial charge in [-0.1, -0.05) is 36.4 Å². The van der Waals surface area contributed by atoms with E-state index in [-0.39, 0.29) is 6.04 Å². The molecular weight excluding hydrogens is 258 g/mol. The van der Waals surface area contributed by atoms with Gasteiger partial charge in [-0.25, -0.2) is 0 Å². The van der Waals surface area contributed by atoms with Crippen LogP contribution in [0.2, 0.25) is 0 Å². The molecule has 0 amide bonds. The summed E-state index contributed by atoms with van der Waals surface area (Å²) >= 11 is 0. The van der Waals surface area contributed by atoms with Crippen LogP contribution in [0.15, 0.2) is 48.5 Å². The van der Waals surface area contributed by atoms with Crippen LogP contribution in [0.1, 0.15) is 23.1 Å². The maximum absolute atomic E-state index is 6.49. The SMILES string of the molecule is COc1cccc(CC(N)C2CCc3ccccc3C2)c1. The predicted octanol–water partition coefficient (Wildman–Crippen LogP) is 3.37. The second-order valence-electron chi connectivity index (χ2n) is 5.99. The van der Waals surface area contributed by atoms with Crippen LogP contribution in [0.4, 0.5) is 0 Å². The number of nitrogens with two attached hydrogens (primary N) is 1. The molecule has 2 N–H and O–H groups in total. The number of hydrogen-bond acceptors (Lipinski definition) is 2. The molecule has 0 radical (unpaired) electrons. The van der Waals surface area contributed by atoms with Gasteiger partial charge in [0, 0.05) is 6.04 Å². The molecule has 0 spiro atoms. The summed E-state index contributed by atoms with van der Waals surface area (Å²) in [5.74, 6) is 1.49. The number of rotatable bonds is 4. The van der Waals surface area contributed by atoms with Crippen molar-refractivity contribution in [3.05, 3.63) is 65.2 Å². The third-order valence-corrected chi connectivity index (χ3v) is 4.60. The summed E-state index contributed by atoms with van der Waals surface area (Å²) in [7, 11) is 1.71. The van der Waals surface area contributed by atoms with Gasteiger partial charge >= 0.3 is 0 Å². The monoisotopic (exact) mass is 281 g/mol. The second kappa shape index (κ2) is 6.31. The lowest BCUT2D eigenvalue weighted by atomic mass is 9.79. The third-order valence-electron chi connectivity index (χ3n) is 4.60. The number of hydrogen-bond donors (Lipinski definition) is 1. The zero-order valence-electron chi connectivity index (χ0n) is 12.6. The normalized spacial score (nSPS) is 18.9. The smallest absolute Gasteiger partial charge is 0.119 e.